The van der Waals surface area contributed by atoms with Crippen LogP contribution >= 0.6 is 0 Å². The molecule has 1 fully saturated rings. The molecule has 420 valence electrons. The van der Waals surface area contributed by atoms with Crippen LogP contribution in [0.2, 0.25) is 0 Å². The van der Waals surface area contributed by atoms with Crippen molar-refractivity contribution in [2.24, 2.45) is 0 Å². The third-order valence-corrected chi connectivity index (χ3v) is 19.9. The van der Waals surface area contributed by atoms with Crippen molar-refractivity contribution in [3.8, 4) is 22.3 Å². The van der Waals surface area contributed by atoms with Crippen LogP contribution in [0, 0.1) is 0 Å². The number of fused-ring (bicyclic) bond motifs is 7. The highest BCUT2D eigenvalue weighted by Crippen LogP contribution is 2.62. The zero-order valence-electron chi connectivity index (χ0n) is 52.8. The van der Waals surface area contributed by atoms with Gasteiger partial charge in [-0.2, -0.15) is 0 Å². The van der Waals surface area contributed by atoms with Crippen molar-refractivity contribution in [3.05, 3.63) is 197 Å². The van der Waals surface area contributed by atoms with Gasteiger partial charge in [0.05, 0.1) is 16.9 Å². The second-order valence-electron chi connectivity index (χ2n) is 30.6. The van der Waals surface area contributed by atoms with Gasteiger partial charge in [0.25, 0.3) is 6.71 Å². The van der Waals surface area contributed by atoms with Crippen LogP contribution in [0.25, 0.3) is 22.3 Å². The third kappa shape index (κ3) is 9.16. The first kappa shape index (κ1) is 55.7. The van der Waals surface area contributed by atoms with Gasteiger partial charge in [-0.05, 0) is 162 Å². The maximum atomic E-state index is 2.88. The molecule has 0 aromatic heterocycles. The van der Waals surface area contributed by atoms with E-state index in [9.17, 15) is 0 Å². The Kier molecular flexibility index (Phi) is 13.2. The molecule has 8 aromatic rings. The van der Waals surface area contributed by atoms with Gasteiger partial charge in [-0.3, -0.25) is 0 Å². The summed E-state index contributed by atoms with van der Waals surface area (Å²) < 4.78 is 0. The Morgan fingerprint density at radius 3 is 1.27 bits per heavy atom. The number of nitrogens with zero attached hydrogens (tertiary/aromatic N) is 3. The smallest absolute Gasteiger partial charge is 0.252 e. The number of rotatable bonds is 5. The minimum Gasteiger partial charge on any atom is -0.334 e. The van der Waals surface area contributed by atoms with E-state index in [0.29, 0.717) is 0 Å². The van der Waals surface area contributed by atoms with Crippen LogP contribution in [0.4, 0.5) is 45.5 Å². The first-order valence-corrected chi connectivity index (χ1v) is 31.0. The van der Waals surface area contributed by atoms with E-state index < -0.39 is 0 Å². The van der Waals surface area contributed by atoms with Crippen LogP contribution in [0.15, 0.2) is 164 Å². The Morgan fingerprint density at radius 2 is 0.768 bits per heavy atom. The number of hydrogen-bond donors (Lipinski definition) is 0. The first-order valence-electron chi connectivity index (χ1n) is 31.0. The molecule has 4 heteroatoms. The van der Waals surface area contributed by atoms with Crippen molar-refractivity contribution in [1.82, 2.24) is 0 Å². The standard InChI is InChI=1S/C78H90BN3/c1-72(2,3)53-33-38-64(59(44-53)51-28-22-20-23-29-51)80-67-41-36-56(75(10,11)12)47-63(67)79-62-37-32-57(76(13,14)15)48-68(62)81(65-39-34-54(73(4,5)6)45-60(65)52-30-24-21-25-31-52)70-50-58(49-69(80)71(70)79)82-66-40-35-55(74(7,8)9)46-61(66)77(16)42-26-18-19-27-43-78(77,82)17/h20-25,28-41,44-50H,18-19,26-27,42-43H2,1-17H3. The van der Waals surface area contributed by atoms with Crippen molar-refractivity contribution < 1.29 is 0 Å². The van der Waals surface area contributed by atoms with E-state index in [1.54, 1.807) is 0 Å². The number of hydrogen-bond acceptors (Lipinski definition) is 3. The fourth-order valence-corrected chi connectivity index (χ4v) is 14.6. The molecule has 2 atom stereocenters. The number of benzene rings is 8. The molecule has 0 amide bonds. The maximum absolute atomic E-state index is 2.88. The summed E-state index contributed by atoms with van der Waals surface area (Å²) in [6, 6.07) is 65.1. The fourth-order valence-electron chi connectivity index (χ4n) is 14.6. The molecule has 1 saturated carbocycles. The van der Waals surface area contributed by atoms with Crippen molar-refractivity contribution in [2.45, 2.75) is 194 Å². The lowest BCUT2D eigenvalue weighted by Crippen LogP contribution is -2.62. The van der Waals surface area contributed by atoms with Gasteiger partial charge in [0, 0.05) is 50.7 Å². The first-order chi connectivity index (χ1) is 38.6. The SMILES string of the molecule is CC(C)(C)c1ccc2c(c1)B1c3ccc(C(C)(C)C)cc3N(c3ccc(C(C)(C)C)cc3-c3ccccc3)c3cc(N4c5ccc(C(C)(C)C)cc5C5(C)CCCCCCC45C)cc(c31)N2c1ccc(C(C)(C)C)cc1-c1ccccc1. The summed E-state index contributed by atoms with van der Waals surface area (Å²) >= 11 is 0. The van der Waals surface area contributed by atoms with Gasteiger partial charge >= 0.3 is 0 Å². The molecule has 12 rings (SSSR count). The monoisotopic (exact) mass is 1080 g/mol. The van der Waals surface area contributed by atoms with E-state index >= 15 is 0 Å². The van der Waals surface area contributed by atoms with Gasteiger partial charge in [0.15, 0.2) is 0 Å². The molecule has 0 spiro atoms. The lowest BCUT2D eigenvalue weighted by atomic mass is 9.33. The van der Waals surface area contributed by atoms with Crippen molar-refractivity contribution in [2.75, 3.05) is 14.7 Å². The van der Waals surface area contributed by atoms with Gasteiger partial charge < -0.3 is 14.7 Å². The van der Waals surface area contributed by atoms with E-state index in [1.807, 2.05) is 0 Å². The third-order valence-electron chi connectivity index (χ3n) is 19.9. The Bertz CT molecular complexity index is 3780. The van der Waals surface area contributed by atoms with Crippen molar-refractivity contribution in [1.29, 1.82) is 0 Å². The van der Waals surface area contributed by atoms with Crippen molar-refractivity contribution in [3.63, 3.8) is 0 Å². The molecular formula is C78H90BN3. The van der Waals surface area contributed by atoms with Gasteiger partial charge in [0.2, 0.25) is 0 Å². The van der Waals surface area contributed by atoms with E-state index in [-0.39, 0.29) is 44.7 Å². The van der Waals surface area contributed by atoms with Crippen LogP contribution < -0.4 is 31.1 Å². The van der Waals surface area contributed by atoms with Crippen LogP contribution in [0.3, 0.4) is 0 Å². The Hall–Kier alpha value is -6.78. The van der Waals surface area contributed by atoms with Gasteiger partial charge in [-0.15, -0.1) is 0 Å². The quantitative estimate of drug-likeness (QED) is 0.159. The molecule has 3 aliphatic heterocycles. The summed E-state index contributed by atoms with van der Waals surface area (Å²) in [4.78, 5) is 8.32. The van der Waals surface area contributed by atoms with E-state index in [1.165, 1.54) is 143 Å². The van der Waals surface area contributed by atoms with Crippen LogP contribution in [0.5, 0.6) is 0 Å². The average molecular weight is 1080 g/mol. The lowest BCUT2D eigenvalue weighted by Gasteiger charge is -2.50. The normalized spacial score (nSPS) is 19.0. The van der Waals surface area contributed by atoms with Crippen LogP contribution in [0.1, 0.15) is 190 Å². The summed E-state index contributed by atoms with van der Waals surface area (Å²) in [6.07, 6.45) is 7.26. The molecule has 1 aliphatic carbocycles. The number of anilines is 8. The molecule has 8 aromatic carbocycles. The van der Waals surface area contributed by atoms with E-state index in [4.69, 9.17) is 0 Å². The van der Waals surface area contributed by atoms with E-state index in [0.717, 1.165) is 12.8 Å². The summed E-state index contributed by atoms with van der Waals surface area (Å²) in [7, 11) is 0. The molecule has 0 radical (unpaired) electrons. The van der Waals surface area contributed by atoms with Gasteiger partial charge in [0.1, 0.15) is 0 Å². The Balaban J connectivity index is 1.27. The zero-order chi connectivity index (χ0) is 58.3. The van der Waals surface area contributed by atoms with Gasteiger partial charge in [-0.1, -0.05) is 246 Å². The molecule has 82 heavy (non-hydrogen) atoms. The highest BCUT2D eigenvalue weighted by molar-refractivity contribution is 7.00. The molecule has 0 saturated heterocycles. The topological polar surface area (TPSA) is 9.72 Å². The predicted molar refractivity (Wildman–Crippen MR) is 357 cm³/mol. The molecule has 3 heterocycles. The highest BCUT2D eigenvalue weighted by atomic mass is 15.3. The average Bonchev–Trinajstić information content (AvgIpc) is 1.45. The second kappa shape index (κ2) is 19.4. The fraction of sp³-hybridized carbons (Fsp3) is 0.385. The summed E-state index contributed by atoms with van der Waals surface area (Å²) in [5.41, 5.74) is 26.6. The molecule has 0 bridgehead atoms. The Morgan fingerprint density at radius 1 is 0.354 bits per heavy atom. The summed E-state index contributed by atoms with van der Waals surface area (Å²) in [6.45, 7) is 40.7. The molecule has 4 aliphatic rings. The Labute approximate surface area is 494 Å². The largest absolute Gasteiger partial charge is 0.334 e. The second-order valence-corrected chi connectivity index (χ2v) is 30.6. The summed E-state index contributed by atoms with van der Waals surface area (Å²) in [5.74, 6) is 0. The van der Waals surface area contributed by atoms with Crippen molar-refractivity contribution >= 4 is 68.6 Å². The lowest BCUT2D eigenvalue weighted by molar-refractivity contribution is 0.217. The van der Waals surface area contributed by atoms with Crippen LogP contribution in [-0.4, -0.2) is 12.3 Å². The minimum atomic E-state index is -0.213. The maximum Gasteiger partial charge on any atom is 0.252 e. The summed E-state index contributed by atoms with van der Waals surface area (Å²) in [5, 5.41) is 0. The molecule has 0 N–H and O–H groups in total. The van der Waals surface area contributed by atoms with Gasteiger partial charge in [-0.25, -0.2) is 0 Å². The minimum absolute atomic E-state index is 0.0143. The van der Waals surface area contributed by atoms with E-state index in [2.05, 4.69) is 296 Å². The molecular weight excluding hydrogens is 990 g/mol. The molecule has 2 unspecified atom stereocenters. The predicted octanol–water partition coefficient (Wildman–Crippen LogP) is 20.1. The zero-order valence-corrected chi connectivity index (χ0v) is 52.8. The van der Waals surface area contributed by atoms with Crippen LogP contribution in [-0.2, 0) is 32.5 Å². The molecule has 3 nitrogen and oxygen atoms in total. The highest BCUT2D eigenvalue weighted by Gasteiger charge is 2.57.